The molecule has 1 amide bonds. The first-order valence-electron chi connectivity index (χ1n) is 11.7. The van der Waals surface area contributed by atoms with Gasteiger partial charge in [0, 0.05) is 12.5 Å². The van der Waals surface area contributed by atoms with Crippen molar-refractivity contribution >= 4 is 5.91 Å². The Bertz CT molecular complexity index is 350. The summed E-state index contributed by atoms with van der Waals surface area (Å²) in [6.07, 6.45) is 20.4. The van der Waals surface area contributed by atoms with Gasteiger partial charge >= 0.3 is 0 Å². The molecule has 1 fully saturated rings. The van der Waals surface area contributed by atoms with Gasteiger partial charge in [0.2, 0.25) is 5.91 Å². The summed E-state index contributed by atoms with van der Waals surface area (Å²) in [7, 11) is 0. The molecule has 0 aliphatic heterocycles. The van der Waals surface area contributed by atoms with Crippen molar-refractivity contribution in [3.05, 3.63) is 0 Å². The number of carbonyl (C=O) groups excluding carboxylic acids is 1. The van der Waals surface area contributed by atoms with Gasteiger partial charge < -0.3 is 5.32 Å². The van der Waals surface area contributed by atoms with Crippen LogP contribution in [0, 0.1) is 11.3 Å². The summed E-state index contributed by atoms with van der Waals surface area (Å²) in [5.74, 6) is 1.11. The molecule has 0 spiro atoms. The lowest BCUT2D eigenvalue weighted by Crippen LogP contribution is -2.39. The summed E-state index contributed by atoms with van der Waals surface area (Å²) in [5.41, 5.74) is 0.421. The average molecular weight is 366 g/mol. The maximum Gasteiger partial charge on any atom is 0.220 e. The maximum atomic E-state index is 12.1. The van der Waals surface area contributed by atoms with Gasteiger partial charge in [0.1, 0.15) is 0 Å². The molecule has 1 N–H and O–H groups in total. The van der Waals surface area contributed by atoms with Crippen molar-refractivity contribution in [1.82, 2.24) is 5.32 Å². The van der Waals surface area contributed by atoms with Gasteiger partial charge in [-0.15, -0.1) is 0 Å². The van der Waals surface area contributed by atoms with Crippen LogP contribution in [0.5, 0.6) is 0 Å². The Kier molecular flexibility index (Phi) is 12.3. The Morgan fingerprint density at radius 2 is 1.23 bits per heavy atom. The fourth-order valence-corrected chi connectivity index (χ4v) is 4.35. The van der Waals surface area contributed by atoms with E-state index in [-0.39, 0.29) is 0 Å². The standard InChI is InChI=1S/C24H47NO/c1-5-6-7-8-9-10-11-12-13-14-15-16-23(26)25-22-19-17-21(18-20-22)24(2,3)4/h21-22H,5-20H2,1-4H3,(H,25,26). The third-order valence-electron chi connectivity index (χ3n) is 6.32. The molecule has 2 heteroatoms. The summed E-state index contributed by atoms with van der Waals surface area (Å²) in [5, 5.41) is 3.29. The first-order valence-corrected chi connectivity index (χ1v) is 11.7. The van der Waals surface area contributed by atoms with Gasteiger partial charge in [-0.25, -0.2) is 0 Å². The molecular formula is C24H47NO. The lowest BCUT2D eigenvalue weighted by Gasteiger charge is -2.37. The molecular weight excluding hydrogens is 318 g/mol. The number of nitrogens with one attached hydrogen (secondary N) is 1. The number of carbonyl (C=O) groups is 1. The molecule has 0 saturated heterocycles. The molecule has 0 radical (unpaired) electrons. The van der Waals surface area contributed by atoms with E-state index in [4.69, 9.17) is 0 Å². The number of unbranched alkanes of at least 4 members (excludes halogenated alkanes) is 10. The van der Waals surface area contributed by atoms with Gasteiger partial charge in [-0.2, -0.15) is 0 Å². The molecule has 0 aromatic carbocycles. The van der Waals surface area contributed by atoms with Gasteiger partial charge in [0.25, 0.3) is 0 Å². The molecule has 0 unspecified atom stereocenters. The van der Waals surface area contributed by atoms with Crippen molar-refractivity contribution in [2.24, 2.45) is 11.3 Å². The predicted octanol–water partition coefficient (Wildman–Crippen LogP) is 7.41. The monoisotopic (exact) mass is 365 g/mol. The molecule has 0 bridgehead atoms. The lowest BCUT2D eigenvalue weighted by molar-refractivity contribution is -0.122. The Labute approximate surface area is 164 Å². The van der Waals surface area contributed by atoms with Crippen molar-refractivity contribution in [1.29, 1.82) is 0 Å². The third-order valence-corrected chi connectivity index (χ3v) is 6.32. The van der Waals surface area contributed by atoms with E-state index >= 15 is 0 Å². The SMILES string of the molecule is CCCCCCCCCCCCCC(=O)NC1CCC(C(C)(C)C)CC1. The molecule has 0 aromatic rings. The van der Waals surface area contributed by atoms with E-state index in [1.54, 1.807) is 0 Å². The van der Waals surface area contributed by atoms with Crippen LogP contribution in [0.3, 0.4) is 0 Å². The van der Waals surface area contributed by atoms with Crippen LogP contribution in [0.25, 0.3) is 0 Å². The topological polar surface area (TPSA) is 29.1 Å². The van der Waals surface area contributed by atoms with Crippen LogP contribution in [0.15, 0.2) is 0 Å². The number of hydrogen-bond acceptors (Lipinski definition) is 1. The molecule has 2 nitrogen and oxygen atoms in total. The summed E-state index contributed by atoms with van der Waals surface area (Å²) in [4.78, 5) is 12.1. The van der Waals surface area contributed by atoms with E-state index in [1.165, 1.54) is 89.9 Å². The van der Waals surface area contributed by atoms with Crippen molar-refractivity contribution in [2.45, 2.75) is 136 Å². The minimum atomic E-state index is 0.292. The molecule has 0 aromatic heterocycles. The zero-order chi connectivity index (χ0) is 19.3. The Morgan fingerprint density at radius 1 is 0.769 bits per heavy atom. The van der Waals surface area contributed by atoms with Crippen LogP contribution in [0.2, 0.25) is 0 Å². The molecule has 0 atom stereocenters. The first kappa shape index (κ1) is 23.5. The van der Waals surface area contributed by atoms with Crippen molar-refractivity contribution in [2.75, 3.05) is 0 Å². The smallest absolute Gasteiger partial charge is 0.220 e. The summed E-state index contributed by atoms with van der Waals surface area (Å²) in [6.45, 7) is 9.33. The highest BCUT2D eigenvalue weighted by Gasteiger charge is 2.29. The molecule has 1 aliphatic carbocycles. The molecule has 0 heterocycles. The van der Waals surface area contributed by atoms with E-state index in [0.29, 0.717) is 17.4 Å². The summed E-state index contributed by atoms with van der Waals surface area (Å²) in [6, 6.07) is 0.439. The van der Waals surface area contributed by atoms with Crippen molar-refractivity contribution < 1.29 is 4.79 Å². The number of amides is 1. The van der Waals surface area contributed by atoms with Gasteiger partial charge in [0.05, 0.1) is 0 Å². The quantitative estimate of drug-likeness (QED) is 0.338. The maximum absolute atomic E-state index is 12.1. The van der Waals surface area contributed by atoms with Gasteiger partial charge in [-0.3, -0.25) is 4.79 Å². The Morgan fingerprint density at radius 3 is 1.69 bits per heavy atom. The van der Waals surface area contributed by atoms with E-state index in [9.17, 15) is 4.79 Å². The van der Waals surface area contributed by atoms with Crippen LogP contribution in [0.1, 0.15) is 130 Å². The second-order valence-electron chi connectivity index (χ2n) is 9.77. The van der Waals surface area contributed by atoms with Crippen molar-refractivity contribution in [3.8, 4) is 0 Å². The number of hydrogen-bond donors (Lipinski definition) is 1. The van der Waals surface area contributed by atoms with Crippen LogP contribution in [-0.4, -0.2) is 11.9 Å². The fraction of sp³-hybridized carbons (Fsp3) is 0.958. The summed E-state index contributed by atoms with van der Waals surface area (Å²) >= 11 is 0. The number of rotatable bonds is 13. The minimum Gasteiger partial charge on any atom is -0.353 e. The second kappa shape index (κ2) is 13.6. The summed E-state index contributed by atoms with van der Waals surface area (Å²) < 4.78 is 0. The van der Waals surface area contributed by atoms with Gasteiger partial charge in [0.15, 0.2) is 0 Å². The lowest BCUT2D eigenvalue weighted by atomic mass is 9.71. The highest BCUT2D eigenvalue weighted by Crippen LogP contribution is 2.37. The molecule has 154 valence electrons. The van der Waals surface area contributed by atoms with Crippen LogP contribution < -0.4 is 5.32 Å². The molecule has 1 rings (SSSR count). The van der Waals surface area contributed by atoms with Gasteiger partial charge in [-0.05, 0) is 43.4 Å². The Balaban J connectivity index is 1.92. The zero-order valence-electron chi connectivity index (χ0n) is 18.4. The van der Waals surface area contributed by atoms with Gasteiger partial charge in [-0.1, -0.05) is 91.9 Å². The van der Waals surface area contributed by atoms with Crippen LogP contribution >= 0.6 is 0 Å². The largest absolute Gasteiger partial charge is 0.353 e. The highest BCUT2D eigenvalue weighted by molar-refractivity contribution is 5.76. The second-order valence-corrected chi connectivity index (χ2v) is 9.77. The van der Waals surface area contributed by atoms with Crippen molar-refractivity contribution in [3.63, 3.8) is 0 Å². The molecule has 1 aliphatic rings. The Hall–Kier alpha value is -0.530. The average Bonchev–Trinajstić information content (AvgIpc) is 2.59. The fourth-order valence-electron chi connectivity index (χ4n) is 4.35. The normalized spacial score (nSPS) is 20.9. The third kappa shape index (κ3) is 11.2. The highest BCUT2D eigenvalue weighted by atomic mass is 16.1. The zero-order valence-corrected chi connectivity index (χ0v) is 18.4. The van der Waals surface area contributed by atoms with Crippen LogP contribution in [-0.2, 0) is 4.79 Å². The van der Waals surface area contributed by atoms with E-state index in [1.807, 2.05) is 0 Å². The molecule has 1 saturated carbocycles. The molecule has 26 heavy (non-hydrogen) atoms. The van der Waals surface area contributed by atoms with Crippen LogP contribution in [0.4, 0.5) is 0 Å². The van der Waals surface area contributed by atoms with E-state index in [2.05, 4.69) is 33.0 Å². The first-order chi connectivity index (χ1) is 12.4. The van der Waals surface area contributed by atoms with E-state index in [0.717, 1.165) is 18.8 Å². The predicted molar refractivity (Wildman–Crippen MR) is 114 cm³/mol. The van der Waals surface area contributed by atoms with E-state index < -0.39 is 0 Å². The minimum absolute atomic E-state index is 0.292.